The number of hydrogen-bond acceptors (Lipinski definition) is 4. The monoisotopic (exact) mass is 305 g/mol. The zero-order valence-electron chi connectivity index (χ0n) is 11.8. The van der Waals surface area contributed by atoms with E-state index in [0.29, 0.717) is 5.75 Å². The van der Waals surface area contributed by atoms with Crippen LogP contribution in [0.15, 0.2) is 43.0 Å². The van der Waals surface area contributed by atoms with Crippen LogP contribution in [0.4, 0.5) is 4.39 Å². The van der Waals surface area contributed by atoms with Crippen LogP contribution in [0.25, 0.3) is 0 Å². The molecule has 1 aliphatic heterocycles. The van der Waals surface area contributed by atoms with E-state index in [1.54, 1.807) is 29.4 Å². The standard InChI is InChI=1S/C15H16FN3O3/c16-11-2-1-3-12(6-11)22-14-8-19(7-13(14)20)15(21)9-18-5-4-17-10-18/h1-6,10,13-14,20H,7-9H2/t13-,14-/m1/s1. The van der Waals surface area contributed by atoms with E-state index in [9.17, 15) is 14.3 Å². The number of aliphatic hydroxyl groups excluding tert-OH is 1. The second kappa shape index (κ2) is 6.15. The summed E-state index contributed by atoms with van der Waals surface area (Å²) >= 11 is 0. The number of carbonyl (C=O) groups is 1. The predicted molar refractivity (Wildman–Crippen MR) is 75.6 cm³/mol. The zero-order chi connectivity index (χ0) is 15.5. The lowest BCUT2D eigenvalue weighted by molar-refractivity contribution is -0.131. The van der Waals surface area contributed by atoms with E-state index in [-0.39, 0.29) is 25.5 Å². The van der Waals surface area contributed by atoms with Gasteiger partial charge in [-0.25, -0.2) is 9.37 Å². The van der Waals surface area contributed by atoms with Gasteiger partial charge in [-0.3, -0.25) is 4.79 Å². The van der Waals surface area contributed by atoms with Crippen molar-refractivity contribution in [3.63, 3.8) is 0 Å². The molecule has 1 saturated heterocycles. The summed E-state index contributed by atoms with van der Waals surface area (Å²) in [4.78, 5) is 17.6. The fourth-order valence-electron chi connectivity index (χ4n) is 2.43. The van der Waals surface area contributed by atoms with Gasteiger partial charge in [-0.1, -0.05) is 6.07 Å². The van der Waals surface area contributed by atoms with Crippen LogP contribution in [0.5, 0.6) is 5.75 Å². The minimum absolute atomic E-state index is 0.123. The molecular weight excluding hydrogens is 289 g/mol. The van der Waals surface area contributed by atoms with Crippen LogP contribution >= 0.6 is 0 Å². The van der Waals surface area contributed by atoms with Gasteiger partial charge in [0.2, 0.25) is 5.91 Å². The number of hydrogen-bond donors (Lipinski definition) is 1. The van der Waals surface area contributed by atoms with Gasteiger partial charge in [0.25, 0.3) is 0 Å². The number of ether oxygens (including phenoxy) is 1. The molecule has 7 heteroatoms. The summed E-state index contributed by atoms with van der Waals surface area (Å²) in [5.41, 5.74) is 0. The third kappa shape index (κ3) is 3.25. The summed E-state index contributed by atoms with van der Waals surface area (Å²) in [5, 5.41) is 10.0. The van der Waals surface area contributed by atoms with Crippen LogP contribution in [0.3, 0.4) is 0 Å². The molecule has 1 amide bonds. The van der Waals surface area contributed by atoms with Gasteiger partial charge in [-0.2, -0.15) is 0 Å². The summed E-state index contributed by atoms with van der Waals surface area (Å²) in [6.45, 7) is 0.637. The molecular formula is C15H16FN3O3. The Morgan fingerprint density at radius 3 is 3.05 bits per heavy atom. The molecule has 2 atom stereocenters. The van der Waals surface area contributed by atoms with Crippen molar-refractivity contribution in [1.82, 2.24) is 14.5 Å². The van der Waals surface area contributed by atoms with Crippen LogP contribution in [0.2, 0.25) is 0 Å². The molecule has 0 unspecified atom stereocenters. The fourth-order valence-corrected chi connectivity index (χ4v) is 2.43. The lowest BCUT2D eigenvalue weighted by Gasteiger charge is -2.17. The molecule has 0 bridgehead atoms. The number of aromatic nitrogens is 2. The Morgan fingerprint density at radius 2 is 2.32 bits per heavy atom. The third-order valence-electron chi connectivity index (χ3n) is 3.55. The van der Waals surface area contributed by atoms with Gasteiger partial charge in [0, 0.05) is 18.5 Å². The van der Waals surface area contributed by atoms with E-state index in [1.165, 1.54) is 23.1 Å². The number of aliphatic hydroxyl groups is 1. The number of nitrogens with zero attached hydrogens (tertiary/aromatic N) is 3. The van der Waals surface area contributed by atoms with E-state index in [2.05, 4.69) is 4.98 Å². The molecule has 2 heterocycles. The third-order valence-corrected chi connectivity index (χ3v) is 3.55. The SMILES string of the molecule is O=C(Cn1ccnc1)N1C[C@@H](O)[C@H](Oc2cccc(F)c2)C1. The number of carbonyl (C=O) groups excluding carboxylic acids is 1. The maximum atomic E-state index is 13.1. The number of halogens is 1. The first-order chi connectivity index (χ1) is 10.6. The average Bonchev–Trinajstić information content (AvgIpc) is 3.10. The summed E-state index contributed by atoms with van der Waals surface area (Å²) < 4.78 is 20.4. The summed E-state index contributed by atoms with van der Waals surface area (Å²) in [6.07, 6.45) is 3.50. The minimum Gasteiger partial charge on any atom is -0.486 e. The zero-order valence-corrected chi connectivity index (χ0v) is 11.8. The summed E-state index contributed by atoms with van der Waals surface area (Å²) in [5.74, 6) is -0.187. The molecule has 1 N–H and O–H groups in total. The largest absolute Gasteiger partial charge is 0.486 e. The van der Waals surface area contributed by atoms with Gasteiger partial charge in [0.05, 0.1) is 19.4 Å². The maximum absolute atomic E-state index is 13.1. The van der Waals surface area contributed by atoms with Gasteiger partial charge in [-0.15, -0.1) is 0 Å². The highest BCUT2D eigenvalue weighted by molar-refractivity contribution is 5.76. The highest BCUT2D eigenvalue weighted by Crippen LogP contribution is 2.20. The lowest BCUT2D eigenvalue weighted by atomic mass is 10.2. The van der Waals surface area contributed by atoms with Crippen LogP contribution in [0.1, 0.15) is 0 Å². The molecule has 3 rings (SSSR count). The highest BCUT2D eigenvalue weighted by atomic mass is 19.1. The lowest BCUT2D eigenvalue weighted by Crippen LogP contribution is -2.33. The van der Waals surface area contributed by atoms with Crippen LogP contribution in [-0.2, 0) is 11.3 Å². The Labute approximate surface area is 126 Å². The van der Waals surface area contributed by atoms with Crippen molar-refractivity contribution in [2.75, 3.05) is 13.1 Å². The van der Waals surface area contributed by atoms with Crippen LogP contribution in [0, 0.1) is 5.82 Å². The van der Waals surface area contributed by atoms with Crippen molar-refractivity contribution in [2.24, 2.45) is 0 Å². The van der Waals surface area contributed by atoms with Crippen LogP contribution < -0.4 is 4.74 Å². The van der Waals surface area contributed by atoms with E-state index in [1.807, 2.05) is 0 Å². The summed E-state index contributed by atoms with van der Waals surface area (Å²) in [6, 6.07) is 5.72. The van der Waals surface area contributed by atoms with Crippen molar-refractivity contribution in [2.45, 2.75) is 18.8 Å². The van der Waals surface area contributed by atoms with Gasteiger partial charge >= 0.3 is 0 Å². The molecule has 1 aromatic carbocycles. The first-order valence-electron chi connectivity index (χ1n) is 6.95. The molecule has 1 fully saturated rings. The van der Waals surface area contributed by atoms with Crippen molar-refractivity contribution < 1.29 is 19.0 Å². The second-order valence-corrected chi connectivity index (χ2v) is 5.21. The average molecular weight is 305 g/mol. The Balaban J connectivity index is 1.60. The van der Waals surface area contributed by atoms with Crippen molar-refractivity contribution in [1.29, 1.82) is 0 Å². The molecule has 1 aromatic heterocycles. The molecule has 6 nitrogen and oxygen atoms in total. The fraction of sp³-hybridized carbons (Fsp3) is 0.333. The number of benzene rings is 1. The van der Waals surface area contributed by atoms with Crippen molar-refractivity contribution in [3.05, 3.63) is 48.8 Å². The highest BCUT2D eigenvalue weighted by Gasteiger charge is 2.35. The van der Waals surface area contributed by atoms with Gasteiger partial charge in [0.1, 0.15) is 30.3 Å². The predicted octanol–water partition coefficient (Wildman–Crippen LogP) is 0.673. The topological polar surface area (TPSA) is 67.6 Å². The maximum Gasteiger partial charge on any atom is 0.242 e. The Bertz CT molecular complexity index is 647. The smallest absolute Gasteiger partial charge is 0.242 e. The minimum atomic E-state index is -0.796. The number of imidazole rings is 1. The van der Waals surface area contributed by atoms with E-state index < -0.39 is 18.0 Å². The Hall–Kier alpha value is -2.41. The molecule has 0 spiro atoms. The number of rotatable bonds is 4. The van der Waals surface area contributed by atoms with Crippen LogP contribution in [-0.4, -0.2) is 50.8 Å². The Kier molecular flexibility index (Phi) is 4.06. The number of amides is 1. The number of β-amino-alcohol motifs (C(OH)–C–C–N with tert-alkyl or cyclic N) is 1. The first kappa shape index (κ1) is 14.5. The van der Waals surface area contributed by atoms with Gasteiger partial charge in [-0.05, 0) is 12.1 Å². The molecule has 1 aliphatic rings. The van der Waals surface area contributed by atoms with E-state index in [4.69, 9.17) is 4.74 Å². The van der Waals surface area contributed by atoms with Crippen molar-refractivity contribution in [3.8, 4) is 5.75 Å². The first-order valence-corrected chi connectivity index (χ1v) is 6.95. The van der Waals surface area contributed by atoms with Gasteiger partial charge < -0.3 is 19.3 Å². The summed E-state index contributed by atoms with van der Waals surface area (Å²) in [7, 11) is 0. The Morgan fingerprint density at radius 1 is 1.45 bits per heavy atom. The molecule has 116 valence electrons. The molecule has 22 heavy (non-hydrogen) atoms. The molecule has 0 radical (unpaired) electrons. The number of likely N-dealkylation sites (tertiary alicyclic amines) is 1. The molecule has 2 aromatic rings. The van der Waals surface area contributed by atoms with E-state index >= 15 is 0 Å². The van der Waals surface area contributed by atoms with Crippen molar-refractivity contribution >= 4 is 5.91 Å². The molecule has 0 aliphatic carbocycles. The second-order valence-electron chi connectivity index (χ2n) is 5.21. The normalized spacial score (nSPS) is 21.1. The quantitative estimate of drug-likeness (QED) is 0.902. The van der Waals surface area contributed by atoms with E-state index in [0.717, 1.165) is 0 Å². The van der Waals surface area contributed by atoms with Gasteiger partial charge in [0.15, 0.2) is 0 Å². The molecule has 0 saturated carbocycles.